The first kappa shape index (κ1) is 27.1. The molecule has 3 aromatic rings. The molecule has 206 valence electrons. The molecule has 0 amide bonds. The molecule has 39 heavy (non-hydrogen) atoms. The second-order valence-electron chi connectivity index (χ2n) is 9.07. The number of aromatic nitrogens is 1. The van der Waals surface area contributed by atoms with Crippen LogP contribution >= 0.6 is 11.3 Å². The van der Waals surface area contributed by atoms with Crippen molar-refractivity contribution < 1.29 is 36.6 Å². The van der Waals surface area contributed by atoms with Crippen molar-refractivity contribution in [3.05, 3.63) is 74.1 Å². The third-order valence-corrected chi connectivity index (χ3v) is 7.63. The van der Waals surface area contributed by atoms with E-state index in [9.17, 15) is 36.6 Å². The lowest BCUT2D eigenvalue weighted by Gasteiger charge is -2.32. The standard InChI is InChI=1S/C25H21F6N5O2S/c26-24(27,28)16-3-1-14(19(9-16)25(29,30)31)8-18(13-2-4-20-15(7-13)10-33-35-20)21-22(38)34-23(39-21)36-6-5-32-17(11-36)12-37/h1-4,7,9-10,17,32,37-38H,5-6,8,11-12H2/b18-13+/t17-/m1/s1. The average Bonchev–Trinajstić information content (AvgIpc) is 3.52. The number of hydrogen-bond donors (Lipinski definition) is 3. The van der Waals surface area contributed by atoms with Crippen LogP contribution in [0.15, 0.2) is 46.6 Å². The molecule has 5 rings (SSSR count). The largest absolute Gasteiger partial charge is 0.492 e. The molecule has 2 aliphatic heterocycles. The van der Waals surface area contributed by atoms with E-state index >= 15 is 0 Å². The number of aliphatic hydroxyl groups is 1. The van der Waals surface area contributed by atoms with E-state index < -0.39 is 35.8 Å². The molecule has 14 heteroatoms. The maximum absolute atomic E-state index is 13.9. The second kappa shape index (κ2) is 10.2. The Balaban J connectivity index is 1.65. The molecule has 0 bridgehead atoms. The number of fused-ring (bicyclic) bond motifs is 1. The first-order chi connectivity index (χ1) is 18.4. The van der Waals surface area contributed by atoms with Gasteiger partial charge in [-0.1, -0.05) is 23.5 Å². The Kier molecular flexibility index (Phi) is 7.11. The first-order valence-corrected chi connectivity index (χ1v) is 12.6. The van der Waals surface area contributed by atoms with Crippen LogP contribution in [0.3, 0.4) is 0 Å². The van der Waals surface area contributed by atoms with Crippen LogP contribution in [0, 0.1) is 0 Å². The highest BCUT2D eigenvalue weighted by molar-refractivity contribution is 7.17. The van der Waals surface area contributed by atoms with Gasteiger partial charge in [-0.25, -0.2) is 0 Å². The van der Waals surface area contributed by atoms with Gasteiger partial charge >= 0.3 is 12.4 Å². The summed E-state index contributed by atoms with van der Waals surface area (Å²) < 4.78 is 81.6. The Morgan fingerprint density at radius 1 is 1.08 bits per heavy atom. The summed E-state index contributed by atoms with van der Waals surface area (Å²) in [6, 6.07) is 6.19. The molecule has 0 saturated carbocycles. The minimum absolute atomic E-state index is 0.106. The van der Waals surface area contributed by atoms with Crippen LogP contribution in [-0.4, -0.2) is 53.7 Å². The molecule has 2 aromatic carbocycles. The number of benzene rings is 2. The van der Waals surface area contributed by atoms with Crippen LogP contribution in [0.25, 0.3) is 5.57 Å². The Morgan fingerprint density at radius 3 is 2.59 bits per heavy atom. The Bertz CT molecular complexity index is 1550. The molecule has 3 heterocycles. The highest BCUT2D eigenvalue weighted by Gasteiger charge is 2.38. The lowest BCUT2D eigenvalue weighted by Crippen LogP contribution is -2.52. The van der Waals surface area contributed by atoms with E-state index in [1.54, 1.807) is 18.2 Å². The summed E-state index contributed by atoms with van der Waals surface area (Å²) in [5, 5.41) is 32.7. The van der Waals surface area contributed by atoms with E-state index in [0.717, 1.165) is 17.4 Å². The maximum Gasteiger partial charge on any atom is 0.416 e. The molecule has 0 spiro atoms. The van der Waals surface area contributed by atoms with Crippen molar-refractivity contribution in [2.75, 3.05) is 31.1 Å². The molecule has 1 fully saturated rings. The lowest BCUT2D eigenvalue weighted by atomic mass is 9.94. The zero-order valence-electron chi connectivity index (χ0n) is 20.0. The monoisotopic (exact) mass is 569 g/mol. The molecule has 1 aromatic heterocycles. The van der Waals surface area contributed by atoms with Crippen molar-refractivity contribution in [1.29, 1.82) is 0 Å². The fourth-order valence-corrected chi connectivity index (χ4v) is 5.58. The fraction of sp³-hybridized carbons (Fsp3) is 0.320. The van der Waals surface area contributed by atoms with Crippen molar-refractivity contribution >= 4 is 28.3 Å². The van der Waals surface area contributed by atoms with Gasteiger partial charge in [0.05, 0.1) is 34.2 Å². The van der Waals surface area contributed by atoms with Crippen LogP contribution in [0.4, 0.5) is 31.5 Å². The minimum atomic E-state index is -5.05. The number of halogens is 6. The van der Waals surface area contributed by atoms with Gasteiger partial charge in [0.2, 0.25) is 5.88 Å². The van der Waals surface area contributed by atoms with Gasteiger partial charge in [-0.15, -0.1) is 0 Å². The van der Waals surface area contributed by atoms with Crippen molar-refractivity contribution in [1.82, 2.24) is 10.3 Å². The molecule has 0 aliphatic carbocycles. The van der Waals surface area contributed by atoms with Gasteiger partial charge in [-0.2, -0.15) is 41.5 Å². The molecule has 1 saturated heterocycles. The molecule has 0 unspecified atom stereocenters. The number of thiazole rings is 1. The van der Waals surface area contributed by atoms with Crippen LogP contribution in [-0.2, 0) is 18.8 Å². The van der Waals surface area contributed by atoms with E-state index in [0.29, 0.717) is 47.0 Å². The number of nitrogens with zero attached hydrogens (tertiary/aromatic N) is 4. The van der Waals surface area contributed by atoms with Crippen LogP contribution < -0.4 is 20.8 Å². The zero-order chi connectivity index (χ0) is 27.9. The number of anilines is 1. The van der Waals surface area contributed by atoms with E-state index in [1.165, 1.54) is 6.21 Å². The minimum Gasteiger partial charge on any atom is -0.492 e. The molecule has 0 radical (unpaired) electrons. The topological polar surface area (TPSA) is 93.3 Å². The Hall–Kier alpha value is -3.49. The second-order valence-corrected chi connectivity index (χ2v) is 10.0. The van der Waals surface area contributed by atoms with Crippen molar-refractivity contribution in [2.45, 2.75) is 24.8 Å². The molecular formula is C25H21F6N5O2S. The van der Waals surface area contributed by atoms with Crippen LogP contribution in [0.5, 0.6) is 5.88 Å². The number of nitrogens with one attached hydrogen (secondary N) is 1. The summed E-state index contributed by atoms with van der Waals surface area (Å²) in [6.45, 7) is 1.35. The summed E-state index contributed by atoms with van der Waals surface area (Å²) in [6.07, 6.45) is -8.96. The molecule has 2 aliphatic rings. The van der Waals surface area contributed by atoms with E-state index in [-0.39, 0.29) is 34.7 Å². The summed E-state index contributed by atoms with van der Waals surface area (Å²) >= 11 is 1.05. The highest BCUT2D eigenvalue weighted by atomic mass is 32.1. The third kappa shape index (κ3) is 5.63. The number of rotatable bonds is 5. The lowest BCUT2D eigenvalue weighted by molar-refractivity contribution is -0.143. The first-order valence-electron chi connectivity index (χ1n) is 11.7. The predicted molar refractivity (Wildman–Crippen MR) is 132 cm³/mol. The summed E-state index contributed by atoms with van der Waals surface area (Å²) in [7, 11) is 0. The molecule has 3 N–H and O–H groups in total. The zero-order valence-corrected chi connectivity index (χ0v) is 20.8. The average molecular weight is 570 g/mol. The Morgan fingerprint density at radius 2 is 1.87 bits per heavy atom. The smallest absolute Gasteiger partial charge is 0.416 e. The highest BCUT2D eigenvalue weighted by Crippen LogP contribution is 2.41. The third-order valence-electron chi connectivity index (χ3n) is 6.47. The van der Waals surface area contributed by atoms with Gasteiger partial charge in [0.25, 0.3) is 0 Å². The number of aliphatic hydroxyl groups excluding tert-OH is 1. The van der Waals surface area contributed by atoms with Gasteiger partial charge in [-0.3, -0.25) is 0 Å². The van der Waals surface area contributed by atoms with Crippen molar-refractivity contribution in [2.24, 2.45) is 10.2 Å². The molecule has 7 nitrogen and oxygen atoms in total. The van der Waals surface area contributed by atoms with Crippen molar-refractivity contribution in [3.8, 4) is 5.88 Å². The van der Waals surface area contributed by atoms with E-state index in [1.807, 2.05) is 4.90 Å². The van der Waals surface area contributed by atoms with Gasteiger partial charge in [0.15, 0.2) is 5.13 Å². The van der Waals surface area contributed by atoms with Crippen LogP contribution in [0.2, 0.25) is 0 Å². The van der Waals surface area contributed by atoms with Gasteiger partial charge in [-0.05, 0) is 40.6 Å². The molecular weight excluding hydrogens is 548 g/mol. The van der Waals surface area contributed by atoms with E-state index in [2.05, 4.69) is 20.5 Å². The molecule has 1 atom stereocenters. The number of piperazine rings is 1. The quantitative estimate of drug-likeness (QED) is 0.411. The predicted octanol–water partition coefficient (Wildman–Crippen LogP) is 3.07. The summed E-state index contributed by atoms with van der Waals surface area (Å²) in [5.41, 5.74) is -2.36. The van der Waals surface area contributed by atoms with Crippen LogP contribution in [0.1, 0.15) is 27.1 Å². The number of aromatic hydroxyl groups is 1. The maximum atomic E-state index is 13.9. The number of alkyl halides is 6. The van der Waals surface area contributed by atoms with Crippen molar-refractivity contribution in [3.63, 3.8) is 0 Å². The van der Waals surface area contributed by atoms with Gasteiger partial charge in [0.1, 0.15) is 0 Å². The summed E-state index contributed by atoms with van der Waals surface area (Å²) in [4.78, 5) is 6.26. The number of hydrogen-bond acceptors (Lipinski definition) is 8. The summed E-state index contributed by atoms with van der Waals surface area (Å²) in [5.74, 6) is -0.414. The Labute approximate surface area is 221 Å². The normalized spacial score (nSPS) is 18.2. The fourth-order valence-electron chi connectivity index (χ4n) is 4.52. The SMILES string of the molecule is OC[C@H]1CN(c2nc(O)c(/C(Cc3ccc(C(F)(F)F)cc3C(F)(F)F)=c3\ccc4c(c3)C=NN=4)s2)CCN1. The van der Waals surface area contributed by atoms with E-state index in [4.69, 9.17) is 0 Å². The van der Waals surface area contributed by atoms with Gasteiger partial charge in [0, 0.05) is 37.7 Å². The van der Waals surface area contributed by atoms with Gasteiger partial charge < -0.3 is 20.4 Å².